The highest BCUT2D eigenvalue weighted by Crippen LogP contribution is 2.32. The van der Waals surface area contributed by atoms with Crippen LogP contribution in [0.2, 0.25) is 0 Å². The Morgan fingerprint density at radius 1 is 1.44 bits per heavy atom. The molecule has 140 valence electrons. The van der Waals surface area contributed by atoms with Gasteiger partial charge in [-0.25, -0.2) is 9.78 Å². The van der Waals surface area contributed by atoms with Gasteiger partial charge in [0.1, 0.15) is 17.0 Å². The maximum Gasteiger partial charge on any atom is 0.338 e. The average Bonchev–Trinajstić information content (AvgIpc) is 3.21. The zero-order valence-electron chi connectivity index (χ0n) is 15.5. The number of carbonyl (C=O) groups is 1. The van der Waals surface area contributed by atoms with Crippen LogP contribution in [0.25, 0.3) is 22.3 Å². The molecule has 0 unspecified atom stereocenters. The first kappa shape index (κ1) is 17.4. The van der Waals surface area contributed by atoms with E-state index < -0.39 is 5.97 Å². The summed E-state index contributed by atoms with van der Waals surface area (Å²) >= 11 is 0. The number of rotatable bonds is 3. The van der Waals surface area contributed by atoms with Crippen LogP contribution in [0, 0.1) is 6.92 Å². The molecule has 1 saturated heterocycles. The molecule has 0 radical (unpaired) electrons. The van der Waals surface area contributed by atoms with Crippen LogP contribution in [-0.2, 0) is 9.47 Å². The van der Waals surface area contributed by atoms with Crippen molar-refractivity contribution in [3.63, 3.8) is 0 Å². The molecule has 0 amide bonds. The van der Waals surface area contributed by atoms with Crippen molar-refractivity contribution in [3.8, 4) is 11.4 Å². The van der Waals surface area contributed by atoms with Gasteiger partial charge in [0.25, 0.3) is 0 Å². The van der Waals surface area contributed by atoms with Crippen LogP contribution in [0.15, 0.2) is 24.5 Å². The first-order chi connectivity index (χ1) is 13.1. The number of anilines is 1. The van der Waals surface area contributed by atoms with Gasteiger partial charge in [0, 0.05) is 24.3 Å². The fraction of sp³-hybridized carbons (Fsp3) is 0.368. The number of carbonyl (C=O) groups excluding carboxylic acids is 1. The molecule has 1 fully saturated rings. The minimum atomic E-state index is -0.394. The number of pyridine rings is 2. The molecule has 0 bridgehead atoms. The maximum atomic E-state index is 12.6. The summed E-state index contributed by atoms with van der Waals surface area (Å²) in [5, 5.41) is 7.69. The standard InChI is InChI=1S/C19H21N5O3/c1-11-9-20-17(14-4-5-21-23-14)18-16(11)13(19(25)26-3)8-15(22-18)24-6-7-27-10-12(24)2/h4-5,8-9,12H,6-7,10H2,1-3H3,(H,21,23)/t12-/m1/s1. The molecule has 1 atom stereocenters. The van der Waals surface area contributed by atoms with Crippen molar-refractivity contribution in [1.29, 1.82) is 0 Å². The van der Waals surface area contributed by atoms with Crippen molar-refractivity contribution in [1.82, 2.24) is 20.2 Å². The number of aromatic amines is 1. The first-order valence-electron chi connectivity index (χ1n) is 8.83. The Bertz CT molecular complexity index is 987. The van der Waals surface area contributed by atoms with Gasteiger partial charge in [-0.05, 0) is 31.5 Å². The first-order valence-corrected chi connectivity index (χ1v) is 8.83. The Morgan fingerprint density at radius 2 is 2.30 bits per heavy atom. The van der Waals surface area contributed by atoms with E-state index in [2.05, 4.69) is 27.0 Å². The molecule has 27 heavy (non-hydrogen) atoms. The Hall–Kier alpha value is -3.00. The van der Waals surface area contributed by atoms with Gasteiger partial charge in [0.15, 0.2) is 0 Å². The second-order valence-electron chi connectivity index (χ2n) is 6.62. The summed E-state index contributed by atoms with van der Waals surface area (Å²) in [6, 6.07) is 3.79. The van der Waals surface area contributed by atoms with Gasteiger partial charge in [-0.1, -0.05) is 0 Å². The molecule has 0 spiro atoms. The van der Waals surface area contributed by atoms with Crippen molar-refractivity contribution in [2.45, 2.75) is 19.9 Å². The smallest absolute Gasteiger partial charge is 0.338 e. The van der Waals surface area contributed by atoms with Crippen molar-refractivity contribution in [2.75, 3.05) is 31.8 Å². The zero-order chi connectivity index (χ0) is 19.0. The highest BCUT2D eigenvalue weighted by molar-refractivity contribution is 6.08. The quantitative estimate of drug-likeness (QED) is 0.710. The van der Waals surface area contributed by atoms with E-state index in [1.807, 2.05) is 13.0 Å². The molecular formula is C19H21N5O3. The van der Waals surface area contributed by atoms with Gasteiger partial charge < -0.3 is 14.4 Å². The molecule has 1 aliphatic rings. The SMILES string of the molecule is COC(=O)c1cc(N2CCOC[C@H]2C)nc2c(-c3ccn[nH]3)ncc(C)c12. The Balaban J connectivity index is 2.01. The number of ether oxygens (including phenoxy) is 2. The number of aromatic nitrogens is 4. The number of fused-ring (bicyclic) bond motifs is 1. The molecule has 0 aliphatic carbocycles. The van der Waals surface area contributed by atoms with E-state index in [4.69, 9.17) is 14.5 Å². The van der Waals surface area contributed by atoms with E-state index in [-0.39, 0.29) is 6.04 Å². The van der Waals surface area contributed by atoms with Crippen LogP contribution in [-0.4, -0.2) is 59.0 Å². The van der Waals surface area contributed by atoms with E-state index in [9.17, 15) is 4.79 Å². The lowest BCUT2D eigenvalue weighted by Crippen LogP contribution is -2.44. The second-order valence-corrected chi connectivity index (χ2v) is 6.62. The van der Waals surface area contributed by atoms with E-state index in [0.717, 1.165) is 16.6 Å². The molecule has 1 N–H and O–H groups in total. The molecule has 3 aromatic heterocycles. The van der Waals surface area contributed by atoms with E-state index in [1.165, 1.54) is 7.11 Å². The van der Waals surface area contributed by atoms with Gasteiger partial charge in [-0.3, -0.25) is 10.1 Å². The Labute approximate surface area is 156 Å². The molecule has 8 heteroatoms. The molecule has 8 nitrogen and oxygen atoms in total. The molecule has 0 aromatic carbocycles. The Morgan fingerprint density at radius 3 is 3.00 bits per heavy atom. The third kappa shape index (κ3) is 3.02. The van der Waals surface area contributed by atoms with Gasteiger partial charge in [-0.2, -0.15) is 5.10 Å². The fourth-order valence-electron chi connectivity index (χ4n) is 3.46. The minimum Gasteiger partial charge on any atom is -0.465 e. The number of methoxy groups -OCH3 is 1. The summed E-state index contributed by atoms with van der Waals surface area (Å²) in [5.74, 6) is 0.321. The van der Waals surface area contributed by atoms with Gasteiger partial charge in [0.05, 0.1) is 37.6 Å². The number of hydrogen-bond acceptors (Lipinski definition) is 7. The molecule has 4 rings (SSSR count). The fourth-order valence-corrected chi connectivity index (χ4v) is 3.46. The third-order valence-electron chi connectivity index (χ3n) is 4.83. The highest BCUT2D eigenvalue weighted by atomic mass is 16.5. The van der Waals surface area contributed by atoms with Crippen LogP contribution in [0.5, 0.6) is 0 Å². The van der Waals surface area contributed by atoms with Crippen molar-refractivity contribution < 1.29 is 14.3 Å². The summed E-state index contributed by atoms with van der Waals surface area (Å²) in [7, 11) is 1.39. The van der Waals surface area contributed by atoms with Crippen LogP contribution >= 0.6 is 0 Å². The third-order valence-corrected chi connectivity index (χ3v) is 4.83. The largest absolute Gasteiger partial charge is 0.465 e. The van der Waals surface area contributed by atoms with Gasteiger partial charge >= 0.3 is 5.97 Å². The van der Waals surface area contributed by atoms with Crippen molar-refractivity contribution in [3.05, 3.63) is 35.7 Å². The number of morpholine rings is 1. The minimum absolute atomic E-state index is 0.155. The average molecular weight is 367 g/mol. The number of nitrogens with one attached hydrogen (secondary N) is 1. The van der Waals surface area contributed by atoms with Gasteiger partial charge in [0.2, 0.25) is 0 Å². The predicted octanol–water partition coefficient (Wildman–Crippen LogP) is 2.34. The lowest BCUT2D eigenvalue weighted by atomic mass is 10.0. The van der Waals surface area contributed by atoms with E-state index in [1.54, 1.807) is 18.5 Å². The highest BCUT2D eigenvalue weighted by Gasteiger charge is 2.25. The van der Waals surface area contributed by atoms with Crippen LogP contribution < -0.4 is 4.90 Å². The van der Waals surface area contributed by atoms with Crippen molar-refractivity contribution >= 4 is 22.7 Å². The van der Waals surface area contributed by atoms with E-state index in [0.29, 0.717) is 42.4 Å². The second kappa shape index (κ2) is 6.96. The van der Waals surface area contributed by atoms with E-state index >= 15 is 0 Å². The summed E-state index contributed by atoms with van der Waals surface area (Å²) in [6.07, 6.45) is 3.40. The number of aryl methyl sites for hydroxylation is 1. The molecule has 3 aromatic rings. The van der Waals surface area contributed by atoms with Crippen LogP contribution in [0.3, 0.4) is 0 Å². The molecule has 0 saturated carbocycles. The monoisotopic (exact) mass is 367 g/mol. The summed E-state index contributed by atoms with van der Waals surface area (Å²) < 4.78 is 10.6. The normalized spacial score (nSPS) is 17.3. The Kier molecular flexibility index (Phi) is 4.49. The predicted molar refractivity (Wildman–Crippen MR) is 101 cm³/mol. The zero-order valence-corrected chi connectivity index (χ0v) is 15.5. The number of H-pyrrole nitrogens is 1. The van der Waals surface area contributed by atoms with Crippen LogP contribution in [0.1, 0.15) is 22.8 Å². The van der Waals surface area contributed by atoms with Crippen LogP contribution in [0.4, 0.5) is 5.82 Å². The maximum absolute atomic E-state index is 12.6. The number of esters is 1. The summed E-state index contributed by atoms with van der Waals surface area (Å²) in [6.45, 7) is 5.94. The number of nitrogens with zero attached hydrogens (tertiary/aromatic N) is 4. The topological polar surface area (TPSA) is 93.2 Å². The summed E-state index contributed by atoms with van der Waals surface area (Å²) in [4.78, 5) is 24.2. The summed E-state index contributed by atoms with van der Waals surface area (Å²) in [5.41, 5.74) is 3.40. The van der Waals surface area contributed by atoms with Gasteiger partial charge in [-0.15, -0.1) is 0 Å². The molecular weight excluding hydrogens is 346 g/mol. The lowest BCUT2D eigenvalue weighted by Gasteiger charge is -2.34. The van der Waals surface area contributed by atoms with Crippen molar-refractivity contribution in [2.24, 2.45) is 0 Å². The molecule has 1 aliphatic heterocycles. The molecule has 4 heterocycles. The lowest BCUT2D eigenvalue weighted by molar-refractivity contribution is 0.0603. The number of hydrogen-bond donors (Lipinski definition) is 1.